The molecule has 3 heterocycles. The minimum atomic E-state index is 0.434. The van der Waals surface area contributed by atoms with Crippen molar-refractivity contribution >= 4 is 5.69 Å². The molecule has 0 saturated carbocycles. The number of anilines is 1. The maximum Gasteiger partial charge on any atom is 0.140 e. The van der Waals surface area contributed by atoms with Gasteiger partial charge >= 0.3 is 0 Å². The Morgan fingerprint density at radius 2 is 1.87 bits per heavy atom. The predicted octanol–water partition coefficient (Wildman–Crippen LogP) is 3.29. The second-order valence-electron chi connectivity index (χ2n) is 8.08. The van der Waals surface area contributed by atoms with E-state index in [1.807, 2.05) is 18.3 Å². The summed E-state index contributed by atoms with van der Waals surface area (Å²) in [4.78, 5) is 9.32. The lowest BCUT2D eigenvalue weighted by molar-refractivity contribution is 0.174. The van der Waals surface area contributed by atoms with E-state index in [0.717, 1.165) is 30.7 Å². The summed E-state index contributed by atoms with van der Waals surface area (Å²) >= 11 is 0. The number of aromatic nitrogens is 1. The lowest BCUT2D eigenvalue weighted by atomic mass is 9.80. The molecule has 0 amide bonds. The average Bonchev–Trinajstić information content (AvgIpc) is 3.05. The van der Waals surface area contributed by atoms with Crippen molar-refractivity contribution in [3.05, 3.63) is 24.0 Å². The molecule has 124 valence electrons. The number of pyridine rings is 1. The first kappa shape index (κ1) is 16.3. The molecule has 0 aromatic carbocycles. The summed E-state index contributed by atoms with van der Waals surface area (Å²) in [5.41, 5.74) is 2.08. The van der Waals surface area contributed by atoms with Crippen molar-refractivity contribution in [1.29, 1.82) is 5.26 Å². The fourth-order valence-corrected chi connectivity index (χ4v) is 3.95. The number of nitriles is 1. The fourth-order valence-electron chi connectivity index (χ4n) is 3.95. The average molecular weight is 312 g/mol. The van der Waals surface area contributed by atoms with Crippen LogP contribution in [0.1, 0.15) is 45.7 Å². The van der Waals surface area contributed by atoms with Gasteiger partial charge in [-0.1, -0.05) is 20.8 Å². The van der Waals surface area contributed by atoms with E-state index in [-0.39, 0.29) is 0 Å². The number of hydrogen-bond acceptors (Lipinski definition) is 4. The Kier molecular flexibility index (Phi) is 4.59. The Hall–Kier alpha value is -1.60. The standard InChI is InChI=1S/C19H28N4/c1-19(2,3)15-6-9-23(14-15)17-7-10-22(11-8-17)18-5-4-16(12-20)21-13-18/h4-5,13,15,17H,6-11,14H2,1-3H3. The predicted molar refractivity (Wildman–Crippen MR) is 93.3 cm³/mol. The summed E-state index contributed by atoms with van der Waals surface area (Å²) < 4.78 is 0. The third kappa shape index (κ3) is 3.67. The van der Waals surface area contributed by atoms with E-state index in [4.69, 9.17) is 5.26 Å². The van der Waals surface area contributed by atoms with Gasteiger partial charge in [-0.3, -0.25) is 4.90 Å². The van der Waals surface area contributed by atoms with Gasteiger partial charge in [-0.05, 0) is 49.3 Å². The fraction of sp³-hybridized carbons (Fsp3) is 0.684. The Morgan fingerprint density at radius 1 is 1.13 bits per heavy atom. The van der Waals surface area contributed by atoms with Gasteiger partial charge in [0.1, 0.15) is 11.8 Å². The Labute approximate surface area is 140 Å². The first-order valence-electron chi connectivity index (χ1n) is 8.82. The highest BCUT2D eigenvalue weighted by Gasteiger charge is 2.35. The molecule has 2 aliphatic heterocycles. The van der Waals surface area contributed by atoms with Crippen molar-refractivity contribution in [3.63, 3.8) is 0 Å². The number of piperidine rings is 1. The zero-order chi connectivity index (χ0) is 16.4. The molecule has 2 saturated heterocycles. The summed E-state index contributed by atoms with van der Waals surface area (Å²) in [7, 11) is 0. The van der Waals surface area contributed by atoms with E-state index in [1.54, 1.807) is 0 Å². The van der Waals surface area contributed by atoms with Gasteiger partial charge in [0, 0.05) is 25.7 Å². The lowest BCUT2D eigenvalue weighted by Gasteiger charge is -2.38. The summed E-state index contributed by atoms with van der Waals surface area (Å²) in [6, 6.07) is 6.66. The van der Waals surface area contributed by atoms with E-state index in [9.17, 15) is 0 Å². The SMILES string of the molecule is CC(C)(C)C1CCN(C2CCN(c3ccc(C#N)nc3)CC2)C1. The van der Waals surface area contributed by atoms with E-state index in [1.165, 1.54) is 32.4 Å². The topological polar surface area (TPSA) is 43.2 Å². The van der Waals surface area contributed by atoms with E-state index >= 15 is 0 Å². The van der Waals surface area contributed by atoms with Crippen LogP contribution in [0.4, 0.5) is 5.69 Å². The van der Waals surface area contributed by atoms with Gasteiger partial charge in [0.15, 0.2) is 0 Å². The molecule has 0 bridgehead atoms. The quantitative estimate of drug-likeness (QED) is 0.840. The van der Waals surface area contributed by atoms with Crippen molar-refractivity contribution < 1.29 is 0 Å². The Bertz CT molecular complexity index is 559. The minimum Gasteiger partial charge on any atom is -0.370 e. The summed E-state index contributed by atoms with van der Waals surface area (Å²) in [6.07, 6.45) is 5.65. The van der Waals surface area contributed by atoms with Crippen LogP contribution in [0.3, 0.4) is 0 Å². The Morgan fingerprint density at radius 3 is 2.39 bits per heavy atom. The van der Waals surface area contributed by atoms with Gasteiger partial charge in [-0.2, -0.15) is 5.26 Å². The molecular weight excluding hydrogens is 284 g/mol. The molecule has 0 aliphatic carbocycles. The number of likely N-dealkylation sites (tertiary alicyclic amines) is 1. The van der Waals surface area contributed by atoms with Crippen LogP contribution in [0, 0.1) is 22.7 Å². The second-order valence-corrected chi connectivity index (χ2v) is 8.08. The van der Waals surface area contributed by atoms with E-state index in [0.29, 0.717) is 11.1 Å². The van der Waals surface area contributed by atoms with Gasteiger partial charge in [-0.25, -0.2) is 4.98 Å². The molecule has 3 rings (SSSR count). The Balaban J connectivity index is 1.53. The summed E-state index contributed by atoms with van der Waals surface area (Å²) in [5.74, 6) is 0.836. The van der Waals surface area contributed by atoms with Crippen LogP contribution in [0.2, 0.25) is 0 Å². The van der Waals surface area contributed by atoms with Crippen LogP contribution >= 0.6 is 0 Å². The number of nitrogens with zero attached hydrogens (tertiary/aromatic N) is 4. The monoisotopic (exact) mass is 312 g/mol. The summed E-state index contributed by atoms with van der Waals surface area (Å²) in [5, 5.41) is 8.84. The molecule has 23 heavy (non-hydrogen) atoms. The smallest absolute Gasteiger partial charge is 0.140 e. The van der Waals surface area contributed by atoms with Gasteiger partial charge in [0.2, 0.25) is 0 Å². The molecule has 1 unspecified atom stereocenters. The van der Waals surface area contributed by atoms with Crippen LogP contribution in [0.25, 0.3) is 0 Å². The molecule has 4 nitrogen and oxygen atoms in total. The van der Waals surface area contributed by atoms with Crippen LogP contribution in [-0.4, -0.2) is 42.1 Å². The molecule has 1 aromatic heterocycles. The zero-order valence-electron chi connectivity index (χ0n) is 14.6. The minimum absolute atomic E-state index is 0.434. The van der Waals surface area contributed by atoms with Gasteiger partial charge in [-0.15, -0.1) is 0 Å². The first-order chi connectivity index (χ1) is 11.0. The van der Waals surface area contributed by atoms with E-state index < -0.39 is 0 Å². The second kappa shape index (κ2) is 6.49. The molecule has 0 radical (unpaired) electrons. The first-order valence-corrected chi connectivity index (χ1v) is 8.82. The number of hydrogen-bond donors (Lipinski definition) is 0. The van der Waals surface area contributed by atoms with Crippen LogP contribution in [0.5, 0.6) is 0 Å². The van der Waals surface area contributed by atoms with Gasteiger partial charge in [0.25, 0.3) is 0 Å². The molecule has 4 heteroatoms. The maximum absolute atomic E-state index is 8.84. The van der Waals surface area contributed by atoms with Gasteiger partial charge in [0.05, 0.1) is 11.9 Å². The van der Waals surface area contributed by atoms with Crippen molar-refractivity contribution in [2.24, 2.45) is 11.3 Å². The summed E-state index contributed by atoms with van der Waals surface area (Å²) in [6.45, 7) is 11.9. The molecule has 2 fully saturated rings. The highest BCUT2D eigenvalue weighted by molar-refractivity contribution is 5.46. The normalized spacial score (nSPS) is 23.9. The van der Waals surface area contributed by atoms with Crippen molar-refractivity contribution in [2.45, 2.75) is 46.1 Å². The molecular formula is C19H28N4. The van der Waals surface area contributed by atoms with E-state index in [2.05, 4.69) is 41.6 Å². The molecule has 0 N–H and O–H groups in total. The highest BCUT2D eigenvalue weighted by atomic mass is 15.2. The molecule has 1 atom stereocenters. The van der Waals surface area contributed by atoms with Gasteiger partial charge < -0.3 is 4.90 Å². The lowest BCUT2D eigenvalue weighted by Crippen LogP contribution is -2.44. The van der Waals surface area contributed by atoms with Crippen molar-refractivity contribution in [1.82, 2.24) is 9.88 Å². The highest BCUT2D eigenvalue weighted by Crippen LogP contribution is 2.35. The maximum atomic E-state index is 8.84. The third-order valence-corrected chi connectivity index (χ3v) is 5.65. The molecule has 2 aliphatic rings. The largest absolute Gasteiger partial charge is 0.370 e. The van der Waals surface area contributed by atoms with Crippen LogP contribution in [-0.2, 0) is 0 Å². The van der Waals surface area contributed by atoms with Crippen LogP contribution in [0.15, 0.2) is 18.3 Å². The van der Waals surface area contributed by atoms with Crippen LogP contribution < -0.4 is 4.90 Å². The third-order valence-electron chi connectivity index (χ3n) is 5.65. The number of rotatable bonds is 2. The van der Waals surface area contributed by atoms with Crippen molar-refractivity contribution in [2.75, 3.05) is 31.1 Å². The van der Waals surface area contributed by atoms with Crippen molar-refractivity contribution in [3.8, 4) is 6.07 Å². The molecule has 0 spiro atoms. The molecule has 1 aromatic rings. The zero-order valence-corrected chi connectivity index (χ0v) is 14.6.